The molecule has 1 aliphatic heterocycles. The number of amides is 1. The Morgan fingerprint density at radius 2 is 2.05 bits per heavy atom. The van der Waals surface area contributed by atoms with E-state index in [1.807, 2.05) is 11.8 Å². The smallest absolute Gasteiger partial charge is 0.336 e. The quantitative estimate of drug-likeness (QED) is 0.863. The zero-order chi connectivity index (χ0) is 14.5. The highest BCUT2D eigenvalue weighted by atomic mass is 79.9. The molecule has 0 aliphatic carbocycles. The van der Waals surface area contributed by atoms with Crippen LogP contribution in [-0.4, -0.2) is 28.5 Å². The summed E-state index contributed by atoms with van der Waals surface area (Å²) in [6.45, 7) is 0. The number of hydrogen-bond acceptors (Lipinski definition) is 3. The van der Waals surface area contributed by atoms with Crippen molar-refractivity contribution in [2.45, 2.75) is 19.3 Å². The van der Waals surface area contributed by atoms with Crippen LogP contribution in [0, 0.1) is 5.92 Å². The maximum atomic E-state index is 12.0. The van der Waals surface area contributed by atoms with Gasteiger partial charge in [0.2, 0.25) is 5.91 Å². The fourth-order valence-electron chi connectivity index (χ4n) is 2.19. The number of halogens is 1. The van der Waals surface area contributed by atoms with Crippen LogP contribution in [0.15, 0.2) is 22.7 Å². The number of carbonyl (C=O) groups is 2. The van der Waals surface area contributed by atoms with Crippen LogP contribution in [0.25, 0.3) is 0 Å². The van der Waals surface area contributed by atoms with Crippen LogP contribution in [0.3, 0.4) is 0 Å². The third-order valence-electron chi connectivity index (χ3n) is 3.30. The maximum Gasteiger partial charge on any atom is 0.336 e. The summed E-state index contributed by atoms with van der Waals surface area (Å²) in [5.41, 5.74) is 0.678. The number of nitrogens with one attached hydrogen (secondary N) is 1. The minimum Gasteiger partial charge on any atom is -0.478 e. The first kappa shape index (κ1) is 15.4. The van der Waals surface area contributed by atoms with Gasteiger partial charge in [-0.15, -0.1) is 0 Å². The lowest BCUT2D eigenvalue weighted by Crippen LogP contribution is -2.19. The van der Waals surface area contributed by atoms with Crippen LogP contribution in [-0.2, 0) is 4.79 Å². The summed E-state index contributed by atoms with van der Waals surface area (Å²) < 4.78 is 0.507. The second-order valence-electron chi connectivity index (χ2n) is 4.81. The minimum atomic E-state index is -1.02. The Hall–Kier alpha value is -1.01. The summed E-state index contributed by atoms with van der Waals surface area (Å²) in [5, 5.41) is 11.8. The first-order valence-corrected chi connectivity index (χ1v) is 8.41. The number of carboxylic acid groups (broad SMARTS) is 1. The Labute approximate surface area is 130 Å². The van der Waals surface area contributed by atoms with Gasteiger partial charge in [0.05, 0.1) is 5.56 Å². The Kier molecular flexibility index (Phi) is 5.48. The van der Waals surface area contributed by atoms with Crippen molar-refractivity contribution in [3.05, 3.63) is 28.2 Å². The van der Waals surface area contributed by atoms with E-state index in [0.29, 0.717) is 22.5 Å². The minimum absolute atomic E-state index is 0.0411. The third kappa shape index (κ3) is 4.24. The Balaban J connectivity index is 1.96. The number of aromatic carboxylic acids is 1. The number of carbonyl (C=O) groups excluding carboxylic acids is 1. The Morgan fingerprint density at radius 3 is 2.70 bits per heavy atom. The molecule has 2 N–H and O–H groups in total. The van der Waals surface area contributed by atoms with Gasteiger partial charge in [-0.2, -0.15) is 11.8 Å². The summed E-state index contributed by atoms with van der Waals surface area (Å²) in [6.07, 6.45) is 2.68. The lowest BCUT2D eigenvalue weighted by Gasteiger charge is -2.20. The zero-order valence-electron chi connectivity index (χ0n) is 10.9. The molecule has 1 saturated heterocycles. The van der Waals surface area contributed by atoms with Crippen LogP contribution in [0.5, 0.6) is 0 Å². The number of rotatable bonds is 4. The van der Waals surface area contributed by atoms with Gasteiger partial charge in [-0.05, 0) is 64.4 Å². The van der Waals surface area contributed by atoms with Gasteiger partial charge >= 0.3 is 5.97 Å². The summed E-state index contributed by atoms with van der Waals surface area (Å²) in [4.78, 5) is 23.0. The van der Waals surface area contributed by atoms with E-state index in [4.69, 9.17) is 5.11 Å². The van der Waals surface area contributed by atoms with Crippen molar-refractivity contribution in [3.63, 3.8) is 0 Å². The van der Waals surface area contributed by atoms with Crippen molar-refractivity contribution in [1.29, 1.82) is 0 Å². The van der Waals surface area contributed by atoms with Crippen molar-refractivity contribution in [2.75, 3.05) is 16.8 Å². The predicted octanol–water partition coefficient (Wildman–Crippen LogP) is 3.62. The zero-order valence-corrected chi connectivity index (χ0v) is 13.3. The van der Waals surface area contributed by atoms with Gasteiger partial charge in [-0.3, -0.25) is 4.79 Å². The molecule has 1 fully saturated rings. The molecular weight excluding hydrogens is 342 g/mol. The van der Waals surface area contributed by atoms with E-state index in [9.17, 15) is 9.59 Å². The van der Waals surface area contributed by atoms with Crippen molar-refractivity contribution >= 4 is 45.3 Å². The fourth-order valence-corrected chi connectivity index (χ4v) is 3.81. The molecule has 108 valence electrons. The highest BCUT2D eigenvalue weighted by Gasteiger charge is 2.18. The highest BCUT2D eigenvalue weighted by Crippen LogP contribution is 2.26. The molecule has 2 rings (SSSR count). The van der Waals surface area contributed by atoms with Crippen LogP contribution >= 0.6 is 27.7 Å². The van der Waals surface area contributed by atoms with Gasteiger partial charge in [0, 0.05) is 16.6 Å². The van der Waals surface area contributed by atoms with Crippen molar-refractivity contribution in [3.8, 4) is 0 Å². The van der Waals surface area contributed by atoms with E-state index in [-0.39, 0.29) is 11.5 Å². The van der Waals surface area contributed by atoms with Crippen LogP contribution in [0.2, 0.25) is 0 Å². The number of benzene rings is 1. The Morgan fingerprint density at radius 1 is 1.35 bits per heavy atom. The van der Waals surface area contributed by atoms with Gasteiger partial charge in [-0.25, -0.2) is 4.79 Å². The molecule has 1 amide bonds. The van der Waals surface area contributed by atoms with Crippen molar-refractivity contribution < 1.29 is 14.7 Å². The molecule has 0 bridgehead atoms. The second-order valence-corrected chi connectivity index (χ2v) is 6.89. The maximum absolute atomic E-state index is 12.0. The molecule has 0 atom stereocenters. The van der Waals surface area contributed by atoms with E-state index in [1.54, 1.807) is 12.1 Å². The molecule has 6 heteroatoms. The molecular formula is C14H16BrNO3S. The molecule has 20 heavy (non-hydrogen) atoms. The number of carboxylic acids is 1. The molecule has 0 spiro atoms. The monoisotopic (exact) mass is 357 g/mol. The number of thioether (sulfide) groups is 1. The summed E-state index contributed by atoms with van der Waals surface area (Å²) >= 11 is 5.12. The van der Waals surface area contributed by atoms with Crippen LogP contribution < -0.4 is 5.32 Å². The van der Waals surface area contributed by atoms with Gasteiger partial charge in [0.15, 0.2) is 0 Å². The largest absolute Gasteiger partial charge is 0.478 e. The first-order valence-electron chi connectivity index (χ1n) is 6.46. The average molecular weight is 358 g/mol. The molecule has 0 aromatic heterocycles. The predicted molar refractivity (Wildman–Crippen MR) is 84.4 cm³/mol. The van der Waals surface area contributed by atoms with E-state index < -0.39 is 5.97 Å². The topological polar surface area (TPSA) is 66.4 Å². The lowest BCUT2D eigenvalue weighted by molar-refractivity contribution is -0.117. The van der Waals surface area contributed by atoms with E-state index in [1.165, 1.54) is 6.07 Å². The summed E-state index contributed by atoms with van der Waals surface area (Å²) in [7, 11) is 0. The second kappa shape index (κ2) is 7.13. The molecule has 0 saturated carbocycles. The first-order chi connectivity index (χ1) is 9.56. The summed E-state index contributed by atoms with van der Waals surface area (Å²) in [5.74, 6) is 1.64. The molecule has 1 heterocycles. The molecule has 0 unspecified atom stereocenters. The van der Waals surface area contributed by atoms with Crippen LogP contribution in [0.1, 0.15) is 29.6 Å². The standard InChI is InChI=1S/C14H16BrNO3S/c15-12-2-1-10(8-11(12)14(18)19)16-13(17)7-9-3-5-20-6-4-9/h1-2,8-9H,3-7H2,(H,16,17)(H,18,19). The lowest BCUT2D eigenvalue weighted by atomic mass is 9.98. The SMILES string of the molecule is O=C(CC1CCSCC1)Nc1ccc(Br)c(C(=O)O)c1. The summed E-state index contributed by atoms with van der Waals surface area (Å²) in [6, 6.07) is 4.81. The van der Waals surface area contributed by atoms with Crippen molar-refractivity contribution in [1.82, 2.24) is 0 Å². The molecule has 1 aliphatic rings. The van der Waals surface area contributed by atoms with Gasteiger partial charge in [0.1, 0.15) is 0 Å². The van der Waals surface area contributed by atoms with Crippen LogP contribution in [0.4, 0.5) is 5.69 Å². The Bertz CT molecular complexity index is 515. The van der Waals surface area contributed by atoms with Gasteiger partial charge in [0.25, 0.3) is 0 Å². The van der Waals surface area contributed by atoms with E-state index in [2.05, 4.69) is 21.2 Å². The molecule has 1 aromatic carbocycles. The fraction of sp³-hybridized carbons (Fsp3) is 0.429. The van der Waals surface area contributed by atoms with Crippen molar-refractivity contribution in [2.24, 2.45) is 5.92 Å². The van der Waals surface area contributed by atoms with E-state index in [0.717, 1.165) is 24.3 Å². The normalized spacial score (nSPS) is 15.8. The number of hydrogen-bond donors (Lipinski definition) is 2. The average Bonchev–Trinajstić information content (AvgIpc) is 2.41. The molecule has 0 radical (unpaired) electrons. The number of anilines is 1. The van der Waals surface area contributed by atoms with Gasteiger partial charge < -0.3 is 10.4 Å². The van der Waals surface area contributed by atoms with E-state index >= 15 is 0 Å². The highest BCUT2D eigenvalue weighted by molar-refractivity contribution is 9.10. The molecule has 1 aromatic rings. The third-order valence-corrected chi connectivity index (χ3v) is 5.04. The van der Waals surface area contributed by atoms with Gasteiger partial charge in [-0.1, -0.05) is 0 Å². The molecule has 4 nitrogen and oxygen atoms in total.